The normalized spacial score (nSPS) is 14.0. The lowest BCUT2D eigenvalue weighted by atomic mass is 10.2. The van der Waals surface area contributed by atoms with Gasteiger partial charge < -0.3 is 15.1 Å². The quantitative estimate of drug-likeness (QED) is 0.605. The highest BCUT2D eigenvalue weighted by atomic mass is 35.5. The minimum absolute atomic E-state index is 0.0625. The van der Waals surface area contributed by atoms with Crippen LogP contribution >= 0.6 is 34.3 Å². The van der Waals surface area contributed by atoms with Gasteiger partial charge in [0, 0.05) is 47.1 Å². The van der Waals surface area contributed by atoms with Gasteiger partial charge in [-0.2, -0.15) is 0 Å². The topological polar surface area (TPSA) is 65.5 Å². The number of thiazole rings is 1. The molecule has 0 radical (unpaired) electrons. The van der Waals surface area contributed by atoms with E-state index in [1.165, 1.54) is 11.3 Å². The number of anilines is 2. The predicted octanol–water partition coefficient (Wildman–Crippen LogP) is 3.93. The van der Waals surface area contributed by atoms with E-state index in [9.17, 15) is 9.59 Å². The van der Waals surface area contributed by atoms with Gasteiger partial charge in [0.1, 0.15) is 0 Å². The number of halogens is 1. The van der Waals surface area contributed by atoms with Crippen LogP contribution in [-0.2, 0) is 22.4 Å². The molecule has 4 rings (SSSR count). The number of piperazine rings is 1. The van der Waals surface area contributed by atoms with Crippen molar-refractivity contribution in [3.05, 3.63) is 62.8 Å². The highest BCUT2D eigenvalue weighted by Gasteiger charge is 2.22. The van der Waals surface area contributed by atoms with Crippen LogP contribution in [0.15, 0.2) is 47.2 Å². The Morgan fingerprint density at radius 1 is 1.03 bits per heavy atom. The van der Waals surface area contributed by atoms with E-state index in [2.05, 4.69) is 15.2 Å². The molecule has 0 aliphatic carbocycles. The van der Waals surface area contributed by atoms with Gasteiger partial charge in [-0.05, 0) is 35.7 Å². The number of amides is 2. The van der Waals surface area contributed by atoms with Crippen molar-refractivity contribution in [2.75, 3.05) is 36.4 Å². The summed E-state index contributed by atoms with van der Waals surface area (Å²) in [5.74, 6) is -0.0319. The molecule has 3 heterocycles. The van der Waals surface area contributed by atoms with E-state index in [1.54, 1.807) is 11.3 Å². The molecular weight excluding hydrogens is 440 g/mol. The smallest absolute Gasteiger partial charge is 0.231 e. The first-order valence-electron chi connectivity index (χ1n) is 9.62. The van der Waals surface area contributed by atoms with Crippen molar-refractivity contribution in [1.29, 1.82) is 0 Å². The van der Waals surface area contributed by atoms with Crippen molar-refractivity contribution in [2.24, 2.45) is 0 Å². The monoisotopic (exact) mass is 460 g/mol. The van der Waals surface area contributed by atoms with Crippen molar-refractivity contribution in [3.8, 4) is 0 Å². The summed E-state index contributed by atoms with van der Waals surface area (Å²) in [6, 6.07) is 11.6. The zero-order chi connectivity index (χ0) is 20.9. The lowest BCUT2D eigenvalue weighted by Gasteiger charge is -2.36. The SMILES string of the molecule is O=C(Cc1cccs1)Nc1nc(CC(=O)N2CCN(c3ccc(Cl)cc3)CC2)cs1. The van der Waals surface area contributed by atoms with Crippen molar-refractivity contribution in [3.63, 3.8) is 0 Å². The Morgan fingerprint density at radius 2 is 1.80 bits per heavy atom. The second-order valence-electron chi connectivity index (χ2n) is 6.97. The first-order valence-corrected chi connectivity index (χ1v) is 11.8. The summed E-state index contributed by atoms with van der Waals surface area (Å²) in [7, 11) is 0. The predicted molar refractivity (Wildman–Crippen MR) is 123 cm³/mol. The van der Waals surface area contributed by atoms with Gasteiger partial charge in [0.25, 0.3) is 0 Å². The number of hydrogen-bond acceptors (Lipinski definition) is 6. The zero-order valence-electron chi connectivity index (χ0n) is 16.2. The van der Waals surface area contributed by atoms with Crippen LogP contribution in [0.2, 0.25) is 5.02 Å². The molecule has 1 aliphatic rings. The Morgan fingerprint density at radius 3 is 2.50 bits per heavy atom. The molecule has 1 fully saturated rings. The van der Waals surface area contributed by atoms with Crippen LogP contribution < -0.4 is 10.2 Å². The summed E-state index contributed by atoms with van der Waals surface area (Å²) in [6.45, 7) is 2.93. The zero-order valence-corrected chi connectivity index (χ0v) is 18.6. The molecule has 0 atom stereocenters. The van der Waals surface area contributed by atoms with Gasteiger partial charge in [-0.1, -0.05) is 17.7 Å². The average molecular weight is 461 g/mol. The molecule has 0 spiro atoms. The Hall–Kier alpha value is -2.42. The summed E-state index contributed by atoms with van der Waals surface area (Å²) in [6.07, 6.45) is 0.585. The van der Waals surface area contributed by atoms with Gasteiger partial charge in [0.2, 0.25) is 11.8 Å². The van der Waals surface area contributed by atoms with E-state index >= 15 is 0 Å². The standard InChI is InChI=1S/C21H21ClN4O2S2/c22-15-3-5-17(6-4-15)25-7-9-26(10-8-25)20(28)12-16-14-30-21(23-16)24-19(27)13-18-2-1-11-29-18/h1-6,11,14H,7-10,12-13H2,(H,23,24,27). The fraction of sp³-hybridized carbons (Fsp3) is 0.286. The molecule has 2 amide bonds. The average Bonchev–Trinajstić information content (AvgIpc) is 3.41. The maximum atomic E-state index is 12.7. The van der Waals surface area contributed by atoms with Crippen LogP contribution in [0.25, 0.3) is 0 Å². The number of carbonyl (C=O) groups excluding carboxylic acids is 2. The van der Waals surface area contributed by atoms with Crippen LogP contribution in [0.4, 0.5) is 10.8 Å². The Labute approximate surface area is 188 Å². The number of thiophene rings is 1. The van der Waals surface area contributed by atoms with Gasteiger partial charge in [-0.3, -0.25) is 9.59 Å². The van der Waals surface area contributed by atoms with Gasteiger partial charge in [0.15, 0.2) is 5.13 Å². The first kappa shape index (κ1) is 20.8. The molecule has 3 aromatic rings. The Kier molecular flexibility index (Phi) is 6.66. The number of benzene rings is 1. The second-order valence-corrected chi connectivity index (χ2v) is 9.30. The third-order valence-corrected chi connectivity index (χ3v) is 6.80. The van der Waals surface area contributed by atoms with Crippen LogP contribution in [0.1, 0.15) is 10.6 Å². The minimum atomic E-state index is -0.0944. The van der Waals surface area contributed by atoms with Crippen molar-refractivity contribution in [1.82, 2.24) is 9.88 Å². The molecule has 1 aromatic carbocycles. The highest BCUT2D eigenvalue weighted by molar-refractivity contribution is 7.14. The fourth-order valence-corrected chi connectivity index (χ4v) is 4.87. The summed E-state index contributed by atoms with van der Waals surface area (Å²) in [5, 5.41) is 7.86. The first-order chi connectivity index (χ1) is 14.6. The van der Waals surface area contributed by atoms with Crippen molar-refractivity contribution < 1.29 is 9.59 Å². The van der Waals surface area contributed by atoms with E-state index in [-0.39, 0.29) is 18.2 Å². The molecule has 1 aliphatic heterocycles. The lowest BCUT2D eigenvalue weighted by Crippen LogP contribution is -2.49. The Balaban J connectivity index is 1.25. The van der Waals surface area contributed by atoms with Crippen LogP contribution in [0, 0.1) is 0 Å². The molecule has 0 saturated carbocycles. The van der Waals surface area contributed by atoms with E-state index in [4.69, 9.17) is 11.6 Å². The number of rotatable bonds is 6. The fourth-order valence-electron chi connectivity index (χ4n) is 3.31. The molecule has 2 aromatic heterocycles. The molecule has 30 heavy (non-hydrogen) atoms. The molecule has 9 heteroatoms. The maximum absolute atomic E-state index is 12.7. The Bertz CT molecular complexity index is 996. The van der Waals surface area contributed by atoms with Gasteiger partial charge in [-0.25, -0.2) is 4.98 Å². The molecule has 0 bridgehead atoms. The molecule has 1 N–H and O–H groups in total. The molecule has 0 unspecified atom stereocenters. The molecular formula is C21H21ClN4O2S2. The third kappa shape index (κ3) is 5.38. The molecule has 156 valence electrons. The van der Waals surface area contributed by atoms with E-state index in [1.807, 2.05) is 52.1 Å². The third-order valence-electron chi connectivity index (χ3n) is 4.87. The molecule has 6 nitrogen and oxygen atoms in total. The lowest BCUT2D eigenvalue weighted by molar-refractivity contribution is -0.130. The summed E-state index contributed by atoms with van der Waals surface area (Å²) in [5.41, 5.74) is 1.81. The van der Waals surface area contributed by atoms with E-state index in [0.29, 0.717) is 30.3 Å². The number of nitrogens with zero attached hydrogens (tertiary/aromatic N) is 3. The molecule has 1 saturated heterocycles. The van der Waals surface area contributed by atoms with Crippen LogP contribution in [0.3, 0.4) is 0 Å². The summed E-state index contributed by atoms with van der Waals surface area (Å²) < 4.78 is 0. The number of hydrogen-bond donors (Lipinski definition) is 1. The van der Waals surface area contributed by atoms with Gasteiger partial charge >= 0.3 is 0 Å². The van der Waals surface area contributed by atoms with Crippen molar-refractivity contribution >= 4 is 56.9 Å². The van der Waals surface area contributed by atoms with Crippen LogP contribution in [-0.4, -0.2) is 47.9 Å². The van der Waals surface area contributed by atoms with E-state index < -0.39 is 0 Å². The van der Waals surface area contributed by atoms with Crippen molar-refractivity contribution in [2.45, 2.75) is 12.8 Å². The summed E-state index contributed by atoms with van der Waals surface area (Å²) >= 11 is 8.86. The van der Waals surface area contributed by atoms with Gasteiger partial charge in [-0.15, -0.1) is 22.7 Å². The maximum Gasteiger partial charge on any atom is 0.231 e. The van der Waals surface area contributed by atoms with Crippen LogP contribution in [0.5, 0.6) is 0 Å². The second kappa shape index (κ2) is 9.59. The van der Waals surface area contributed by atoms with E-state index in [0.717, 1.165) is 28.7 Å². The minimum Gasteiger partial charge on any atom is -0.368 e. The number of nitrogens with one attached hydrogen (secondary N) is 1. The number of carbonyl (C=O) groups is 2. The number of aromatic nitrogens is 1. The van der Waals surface area contributed by atoms with Gasteiger partial charge in [0.05, 0.1) is 18.5 Å². The summed E-state index contributed by atoms with van der Waals surface area (Å²) in [4.78, 5) is 34.3. The highest BCUT2D eigenvalue weighted by Crippen LogP contribution is 2.21. The largest absolute Gasteiger partial charge is 0.368 e.